The molecule has 1 saturated carbocycles. The Bertz CT molecular complexity index is 785. The molecule has 2 aliphatic carbocycles. The molecule has 0 aliphatic heterocycles. The normalized spacial score (nSPS) is 20.6. The van der Waals surface area contributed by atoms with Gasteiger partial charge in [0, 0.05) is 18.5 Å². The minimum Gasteiger partial charge on any atom is -0.374 e. The molecule has 0 radical (unpaired) electrons. The fourth-order valence-electron chi connectivity index (χ4n) is 3.57. The fourth-order valence-corrected chi connectivity index (χ4v) is 4.03. The minimum absolute atomic E-state index is 0.232. The summed E-state index contributed by atoms with van der Waals surface area (Å²) in [4.78, 5) is 17.3. The molecule has 0 bridgehead atoms. The summed E-state index contributed by atoms with van der Waals surface area (Å²) in [5, 5.41) is 0. The van der Waals surface area contributed by atoms with E-state index in [9.17, 15) is 13.2 Å². The van der Waals surface area contributed by atoms with Crippen molar-refractivity contribution in [1.82, 2.24) is 9.71 Å². The van der Waals surface area contributed by atoms with Crippen molar-refractivity contribution in [2.45, 2.75) is 52.1 Å². The third-order valence-electron chi connectivity index (χ3n) is 4.85. The first-order chi connectivity index (χ1) is 11.8. The van der Waals surface area contributed by atoms with Gasteiger partial charge in [-0.1, -0.05) is 6.92 Å². The van der Waals surface area contributed by atoms with Crippen LogP contribution in [0.25, 0.3) is 0 Å². The van der Waals surface area contributed by atoms with E-state index in [0.29, 0.717) is 31.5 Å². The van der Waals surface area contributed by atoms with Gasteiger partial charge in [0.2, 0.25) is 10.0 Å². The third kappa shape index (κ3) is 4.46. The molecule has 6 nitrogen and oxygen atoms in total. The van der Waals surface area contributed by atoms with Gasteiger partial charge in [-0.05, 0) is 49.1 Å². The summed E-state index contributed by atoms with van der Waals surface area (Å²) in [5.74, 6) is 1.05. The van der Waals surface area contributed by atoms with Crippen LogP contribution in [0.15, 0.2) is 0 Å². The number of rotatable bonds is 7. The topological polar surface area (TPSA) is 85.4 Å². The van der Waals surface area contributed by atoms with E-state index in [1.807, 2.05) is 6.92 Å². The second-order valence-corrected chi connectivity index (χ2v) is 9.18. The van der Waals surface area contributed by atoms with Crippen molar-refractivity contribution in [3.63, 3.8) is 0 Å². The van der Waals surface area contributed by atoms with Crippen LogP contribution in [0.3, 0.4) is 0 Å². The summed E-state index contributed by atoms with van der Waals surface area (Å²) >= 11 is 0. The number of ketones is 1. The summed E-state index contributed by atoms with van der Waals surface area (Å²) in [6.45, 7) is 4.99. The van der Waals surface area contributed by atoms with E-state index in [1.165, 1.54) is 5.56 Å². The number of nitrogens with zero attached hydrogens (tertiary/aromatic N) is 1. The molecular weight excluding hydrogens is 340 g/mol. The minimum atomic E-state index is -3.19. The molecule has 1 fully saturated rings. The molecule has 1 aromatic heterocycles. The van der Waals surface area contributed by atoms with Crippen LogP contribution < -0.4 is 4.72 Å². The van der Waals surface area contributed by atoms with E-state index in [2.05, 4.69) is 11.6 Å². The Morgan fingerprint density at radius 1 is 1.28 bits per heavy atom. The van der Waals surface area contributed by atoms with Gasteiger partial charge in [-0.2, -0.15) is 0 Å². The van der Waals surface area contributed by atoms with E-state index in [1.54, 1.807) is 0 Å². The Morgan fingerprint density at radius 2 is 2.00 bits per heavy atom. The molecule has 0 saturated heterocycles. The van der Waals surface area contributed by atoms with Gasteiger partial charge in [0.05, 0.1) is 30.9 Å². The fraction of sp³-hybridized carbons (Fsp3) is 0.667. The molecule has 2 aliphatic rings. The van der Waals surface area contributed by atoms with Gasteiger partial charge in [-0.25, -0.2) is 13.1 Å². The van der Waals surface area contributed by atoms with Crippen LogP contribution in [0.5, 0.6) is 0 Å². The lowest BCUT2D eigenvalue weighted by molar-refractivity contribution is 0.0949. The van der Waals surface area contributed by atoms with Gasteiger partial charge in [0.25, 0.3) is 0 Å². The number of ether oxygens (including phenoxy) is 1. The Labute approximate surface area is 149 Å². The molecule has 1 heterocycles. The summed E-state index contributed by atoms with van der Waals surface area (Å²) in [7, 11) is -3.19. The summed E-state index contributed by atoms with van der Waals surface area (Å²) in [6.07, 6.45) is 4.85. The maximum absolute atomic E-state index is 12.6. The molecule has 0 aromatic carbocycles. The van der Waals surface area contributed by atoms with Crippen molar-refractivity contribution in [3.05, 3.63) is 28.1 Å². The van der Waals surface area contributed by atoms with E-state index >= 15 is 0 Å². The van der Waals surface area contributed by atoms with E-state index in [-0.39, 0.29) is 12.3 Å². The number of nitrogens with one attached hydrogen (secondary N) is 1. The quantitative estimate of drug-likeness (QED) is 0.747. The van der Waals surface area contributed by atoms with Crippen molar-refractivity contribution >= 4 is 15.8 Å². The number of aromatic nitrogens is 1. The molecule has 0 spiro atoms. The predicted octanol–water partition coefficient (Wildman–Crippen LogP) is 2.10. The number of carbonyl (C=O) groups is 1. The highest BCUT2D eigenvalue weighted by molar-refractivity contribution is 7.88. The van der Waals surface area contributed by atoms with Gasteiger partial charge >= 0.3 is 0 Å². The van der Waals surface area contributed by atoms with Crippen LogP contribution >= 0.6 is 0 Å². The Balaban J connectivity index is 1.77. The van der Waals surface area contributed by atoms with Gasteiger partial charge in [-0.15, -0.1) is 0 Å². The standard InChI is InChI=1S/C18H26N2O4S/c1-11-8-14-18(16(21)9-11)17(13-4-5-13)12(2)15(20-14)10-24-7-6-19-25(3,22)23/h11,13,19H,4-10H2,1-3H3. The summed E-state index contributed by atoms with van der Waals surface area (Å²) in [6, 6.07) is 0. The number of hydrogen-bond acceptors (Lipinski definition) is 5. The zero-order chi connectivity index (χ0) is 18.2. The number of sulfonamides is 1. The first-order valence-corrected chi connectivity index (χ1v) is 10.7. The Kier molecular flexibility index (Phi) is 5.27. The van der Waals surface area contributed by atoms with Crippen molar-refractivity contribution < 1.29 is 17.9 Å². The first kappa shape index (κ1) is 18.5. The molecule has 1 aromatic rings. The van der Waals surface area contributed by atoms with Crippen LogP contribution in [-0.2, 0) is 27.8 Å². The highest BCUT2D eigenvalue weighted by Crippen LogP contribution is 2.46. The zero-order valence-electron chi connectivity index (χ0n) is 15.1. The Morgan fingerprint density at radius 3 is 2.64 bits per heavy atom. The van der Waals surface area contributed by atoms with Crippen LogP contribution in [0, 0.1) is 12.8 Å². The second kappa shape index (κ2) is 7.13. The number of hydrogen-bond donors (Lipinski definition) is 1. The Hall–Kier alpha value is -1.31. The largest absolute Gasteiger partial charge is 0.374 e. The lowest BCUT2D eigenvalue weighted by Gasteiger charge is -2.25. The summed E-state index contributed by atoms with van der Waals surface area (Å²) in [5.41, 5.74) is 4.93. The molecule has 25 heavy (non-hydrogen) atoms. The zero-order valence-corrected chi connectivity index (χ0v) is 15.9. The van der Waals surface area contributed by atoms with Crippen molar-refractivity contribution in [1.29, 1.82) is 0 Å². The highest BCUT2D eigenvalue weighted by Gasteiger charge is 2.35. The molecule has 7 heteroatoms. The van der Waals surface area contributed by atoms with E-state index < -0.39 is 10.0 Å². The lowest BCUT2D eigenvalue weighted by atomic mass is 9.82. The average Bonchev–Trinajstić information content (AvgIpc) is 3.31. The molecule has 1 atom stereocenters. The van der Waals surface area contributed by atoms with Crippen LogP contribution in [0.4, 0.5) is 0 Å². The molecule has 1 unspecified atom stereocenters. The number of pyridine rings is 1. The molecule has 3 rings (SSSR count). The highest BCUT2D eigenvalue weighted by atomic mass is 32.2. The van der Waals surface area contributed by atoms with E-state index in [4.69, 9.17) is 9.72 Å². The average molecular weight is 366 g/mol. The maximum Gasteiger partial charge on any atom is 0.208 e. The van der Waals surface area contributed by atoms with Crippen LogP contribution in [0.2, 0.25) is 0 Å². The maximum atomic E-state index is 12.6. The molecular formula is C18H26N2O4S. The third-order valence-corrected chi connectivity index (χ3v) is 5.58. The molecule has 0 amide bonds. The van der Waals surface area contributed by atoms with Gasteiger partial charge in [0.1, 0.15) is 0 Å². The van der Waals surface area contributed by atoms with Crippen LogP contribution in [0.1, 0.15) is 65.0 Å². The van der Waals surface area contributed by atoms with Crippen molar-refractivity contribution in [3.8, 4) is 0 Å². The number of fused-ring (bicyclic) bond motifs is 1. The predicted molar refractivity (Wildman–Crippen MR) is 95.3 cm³/mol. The molecule has 1 N–H and O–H groups in total. The van der Waals surface area contributed by atoms with Gasteiger partial charge < -0.3 is 4.74 Å². The van der Waals surface area contributed by atoms with Gasteiger partial charge in [0.15, 0.2) is 5.78 Å². The second-order valence-electron chi connectivity index (χ2n) is 7.35. The SMILES string of the molecule is Cc1c(COCCNS(C)(=O)=O)nc2c(c1C1CC1)C(=O)CC(C)C2. The van der Waals surface area contributed by atoms with E-state index in [0.717, 1.165) is 48.0 Å². The smallest absolute Gasteiger partial charge is 0.208 e. The monoisotopic (exact) mass is 366 g/mol. The van der Waals surface area contributed by atoms with Crippen molar-refractivity contribution in [2.75, 3.05) is 19.4 Å². The van der Waals surface area contributed by atoms with Crippen LogP contribution in [-0.4, -0.2) is 38.6 Å². The molecule has 138 valence electrons. The lowest BCUT2D eigenvalue weighted by Crippen LogP contribution is -2.26. The van der Waals surface area contributed by atoms with Gasteiger partial charge in [-0.3, -0.25) is 9.78 Å². The number of Topliss-reactive ketones (excluding diaryl/α,β-unsaturated/α-hetero) is 1. The summed E-state index contributed by atoms with van der Waals surface area (Å²) < 4.78 is 30.1. The number of carbonyl (C=O) groups excluding carboxylic acids is 1. The first-order valence-electron chi connectivity index (χ1n) is 8.84. The van der Waals surface area contributed by atoms with Crippen molar-refractivity contribution in [2.24, 2.45) is 5.92 Å².